The van der Waals surface area contributed by atoms with Gasteiger partial charge in [0.1, 0.15) is 6.54 Å². The average molecular weight is 155 g/mol. The zero-order valence-electron chi connectivity index (χ0n) is 5.42. The van der Waals surface area contributed by atoms with Crippen molar-refractivity contribution in [2.45, 2.75) is 0 Å². The van der Waals surface area contributed by atoms with E-state index in [1.54, 1.807) is 19.1 Å². The van der Waals surface area contributed by atoms with Crippen LogP contribution < -0.4 is 5.43 Å². The molecule has 5 heteroatoms. The molecule has 0 radical (unpaired) electrons. The molecule has 0 aliphatic heterocycles. The number of hydrazine groups is 1. The molecule has 9 heavy (non-hydrogen) atoms. The van der Waals surface area contributed by atoms with E-state index in [1.165, 1.54) is 0 Å². The number of carboxylic acids is 1. The van der Waals surface area contributed by atoms with Crippen LogP contribution in [0.2, 0.25) is 0 Å². The maximum atomic E-state index is 9.81. The maximum Gasteiger partial charge on any atom is 0.318 e. The van der Waals surface area contributed by atoms with Gasteiger partial charge in [-0.2, -0.15) is 0 Å². The van der Waals surface area contributed by atoms with E-state index in [-0.39, 0.29) is 19.0 Å². The summed E-state index contributed by atoms with van der Waals surface area (Å²) in [6.07, 6.45) is 0. The summed E-state index contributed by atoms with van der Waals surface area (Å²) in [5, 5.41) is 9.66. The summed E-state index contributed by atoms with van der Waals surface area (Å²) >= 11 is 0. The number of nitrogens with one attached hydrogen (secondary N) is 1. The predicted molar refractivity (Wildman–Crippen MR) is 36.6 cm³/mol. The molecule has 0 atom stereocenters. The summed E-state index contributed by atoms with van der Waals surface area (Å²) in [7, 11) is 3.48. The van der Waals surface area contributed by atoms with Crippen molar-refractivity contribution in [3.8, 4) is 0 Å². The first kappa shape index (κ1) is 11.5. The lowest BCUT2D eigenvalue weighted by Gasteiger charge is -2.07. The molecule has 0 amide bonds. The summed E-state index contributed by atoms with van der Waals surface area (Å²) < 4.78 is 0. The minimum absolute atomic E-state index is 0. The van der Waals surface area contributed by atoms with Crippen molar-refractivity contribution in [2.75, 3.05) is 20.6 Å². The first-order valence-electron chi connectivity index (χ1n) is 2.25. The van der Waals surface area contributed by atoms with Crippen molar-refractivity contribution in [1.82, 2.24) is 10.4 Å². The third kappa shape index (κ3) is 11.3. The van der Waals surface area contributed by atoms with Gasteiger partial charge in [-0.3, -0.25) is 9.80 Å². The van der Waals surface area contributed by atoms with E-state index in [0.29, 0.717) is 0 Å². The molecule has 4 nitrogen and oxygen atoms in total. The number of hydrogen-bond donors (Lipinski definition) is 2. The van der Waals surface area contributed by atoms with E-state index in [9.17, 15) is 4.79 Å². The number of aliphatic carboxylic acids is 1. The SMILES string of the molecule is CN(C)NCC(=O)O.Cl. The molecule has 0 aliphatic carbocycles. The molecule has 0 bridgehead atoms. The monoisotopic (exact) mass is 154 g/mol. The van der Waals surface area contributed by atoms with Crippen LogP contribution in [0.5, 0.6) is 0 Å². The van der Waals surface area contributed by atoms with Gasteiger partial charge >= 0.3 is 5.97 Å². The summed E-state index contributed by atoms with van der Waals surface area (Å²) in [4.78, 5) is 9.81. The van der Waals surface area contributed by atoms with Crippen LogP contribution in [-0.2, 0) is 4.79 Å². The molecule has 0 spiro atoms. The molecule has 56 valence electrons. The lowest BCUT2D eigenvalue weighted by molar-refractivity contribution is -0.136. The van der Waals surface area contributed by atoms with Gasteiger partial charge in [0.25, 0.3) is 0 Å². The van der Waals surface area contributed by atoms with Crippen LogP contribution in [0.3, 0.4) is 0 Å². The second-order valence-electron chi connectivity index (χ2n) is 1.62. The lowest BCUT2D eigenvalue weighted by Crippen LogP contribution is -2.34. The van der Waals surface area contributed by atoms with Gasteiger partial charge in [-0.05, 0) is 0 Å². The Morgan fingerprint density at radius 2 is 2.11 bits per heavy atom. The fourth-order valence-electron chi connectivity index (χ4n) is 0.226. The molecule has 0 aromatic heterocycles. The van der Waals surface area contributed by atoms with E-state index in [1.807, 2.05) is 0 Å². The van der Waals surface area contributed by atoms with Crippen LogP contribution in [0.1, 0.15) is 0 Å². The van der Waals surface area contributed by atoms with Gasteiger partial charge in [-0.25, -0.2) is 5.43 Å². The molecule has 0 aromatic carbocycles. The highest BCUT2D eigenvalue weighted by atomic mass is 35.5. The fraction of sp³-hybridized carbons (Fsp3) is 0.750. The minimum atomic E-state index is -0.848. The summed E-state index contributed by atoms with van der Waals surface area (Å²) in [5.41, 5.74) is 2.58. The highest BCUT2D eigenvalue weighted by molar-refractivity contribution is 5.85. The van der Waals surface area contributed by atoms with Gasteiger partial charge in [0.2, 0.25) is 0 Å². The van der Waals surface area contributed by atoms with Crippen LogP contribution in [0.25, 0.3) is 0 Å². The quantitative estimate of drug-likeness (QED) is 0.542. The molecular formula is C4H11ClN2O2. The van der Waals surface area contributed by atoms with Gasteiger partial charge in [0.15, 0.2) is 0 Å². The van der Waals surface area contributed by atoms with Crippen LogP contribution >= 0.6 is 12.4 Å². The van der Waals surface area contributed by atoms with Gasteiger partial charge in [0, 0.05) is 14.1 Å². The van der Waals surface area contributed by atoms with E-state index in [2.05, 4.69) is 5.43 Å². The maximum absolute atomic E-state index is 9.81. The van der Waals surface area contributed by atoms with Crippen LogP contribution in [-0.4, -0.2) is 36.7 Å². The summed E-state index contributed by atoms with van der Waals surface area (Å²) in [6, 6.07) is 0. The highest BCUT2D eigenvalue weighted by Crippen LogP contribution is 1.62. The highest BCUT2D eigenvalue weighted by Gasteiger charge is 1.93. The van der Waals surface area contributed by atoms with Gasteiger partial charge < -0.3 is 5.11 Å². The standard InChI is InChI=1S/C4H10N2O2.ClH/c1-6(2)5-3-4(7)8;/h5H,3H2,1-2H3,(H,7,8);1H. The molecule has 0 aromatic rings. The molecule has 0 heterocycles. The van der Waals surface area contributed by atoms with Crippen molar-refractivity contribution >= 4 is 18.4 Å². The number of hydrogen-bond acceptors (Lipinski definition) is 3. The van der Waals surface area contributed by atoms with Crippen molar-refractivity contribution in [2.24, 2.45) is 0 Å². The van der Waals surface area contributed by atoms with Crippen LogP contribution in [0, 0.1) is 0 Å². The molecular weight excluding hydrogens is 144 g/mol. The second-order valence-corrected chi connectivity index (χ2v) is 1.62. The Balaban J connectivity index is 0. The summed E-state index contributed by atoms with van der Waals surface area (Å²) in [5.74, 6) is -0.848. The lowest BCUT2D eigenvalue weighted by atomic mass is 10.7. The van der Waals surface area contributed by atoms with Crippen molar-refractivity contribution in [1.29, 1.82) is 0 Å². The van der Waals surface area contributed by atoms with E-state index >= 15 is 0 Å². The number of nitrogens with zero attached hydrogens (tertiary/aromatic N) is 1. The first-order valence-corrected chi connectivity index (χ1v) is 2.25. The molecule has 0 fully saturated rings. The van der Waals surface area contributed by atoms with Crippen LogP contribution in [0.15, 0.2) is 0 Å². The molecule has 2 N–H and O–H groups in total. The Labute approximate surface area is 60.2 Å². The van der Waals surface area contributed by atoms with Crippen molar-refractivity contribution in [3.63, 3.8) is 0 Å². The molecule has 0 saturated heterocycles. The average Bonchev–Trinajstić information content (AvgIpc) is 1.61. The number of rotatable bonds is 3. The normalized spacial score (nSPS) is 8.78. The van der Waals surface area contributed by atoms with E-state index in [4.69, 9.17) is 5.11 Å². The Morgan fingerprint density at radius 3 is 2.22 bits per heavy atom. The number of carboxylic acid groups (broad SMARTS) is 1. The smallest absolute Gasteiger partial charge is 0.318 e. The summed E-state index contributed by atoms with van der Waals surface area (Å²) in [6.45, 7) is -0.0208. The van der Waals surface area contributed by atoms with Gasteiger partial charge in [-0.1, -0.05) is 0 Å². The fourth-order valence-corrected chi connectivity index (χ4v) is 0.226. The Hall–Kier alpha value is -0.320. The van der Waals surface area contributed by atoms with Gasteiger partial charge in [0.05, 0.1) is 0 Å². The topological polar surface area (TPSA) is 52.6 Å². The molecule has 0 saturated carbocycles. The Kier molecular flexibility index (Phi) is 7.41. The largest absolute Gasteiger partial charge is 0.480 e. The second kappa shape index (κ2) is 5.81. The Morgan fingerprint density at radius 1 is 1.67 bits per heavy atom. The third-order valence-corrected chi connectivity index (χ3v) is 0.547. The molecule has 0 unspecified atom stereocenters. The molecule has 0 aliphatic rings. The van der Waals surface area contributed by atoms with E-state index in [0.717, 1.165) is 0 Å². The van der Waals surface area contributed by atoms with Crippen LogP contribution in [0.4, 0.5) is 0 Å². The van der Waals surface area contributed by atoms with E-state index < -0.39 is 5.97 Å². The third-order valence-electron chi connectivity index (χ3n) is 0.547. The molecule has 0 rings (SSSR count). The Bertz CT molecular complexity index is 86.6. The van der Waals surface area contributed by atoms with Crippen molar-refractivity contribution in [3.05, 3.63) is 0 Å². The van der Waals surface area contributed by atoms with Gasteiger partial charge in [-0.15, -0.1) is 12.4 Å². The number of halogens is 1. The first-order chi connectivity index (χ1) is 3.63. The number of carbonyl (C=O) groups is 1. The predicted octanol–water partition coefficient (Wildman–Crippen LogP) is -0.441. The zero-order chi connectivity index (χ0) is 6.57. The minimum Gasteiger partial charge on any atom is -0.480 e. The van der Waals surface area contributed by atoms with Crippen molar-refractivity contribution < 1.29 is 9.90 Å². The zero-order valence-corrected chi connectivity index (χ0v) is 6.23.